The van der Waals surface area contributed by atoms with Gasteiger partial charge in [-0.15, -0.1) is 0 Å². The van der Waals surface area contributed by atoms with Gasteiger partial charge in [0.15, 0.2) is 6.23 Å². The van der Waals surface area contributed by atoms with E-state index in [1.807, 2.05) is 0 Å². The van der Waals surface area contributed by atoms with E-state index < -0.39 is 27.2 Å². The highest BCUT2D eigenvalue weighted by atomic mass is 28.3. The Morgan fingerprint density at radius 1 is 1.06 bits per heavy atom. The minimum absolute atomic E-state index is 0.217. The van der Waals surface area contributed by atoms with E-state index in [9.17, 15) is 14.4 Å². The van der Waals surface area contributed by atoms with E-state index in [1.165, 1.54) is 20.8 Å². The molecule has 0 saturated heterocycles. The zero-order chi connectivity index (χ0) is 12.7. The number of rotatable bonds is 5. The molecule has 0 bridgehead atoms. The molecule has 0 fully saturated rings. The number of ether oxygens (including phenoxy) is 1. The van der Waals surface area contributed by atoms with Crippen LogP contribution in [0.3, 0.4) is 0 Å². The van der Waals surface area contributed by atoms with E-state index in [0.29, 0.717) is 0 Å². The summed E-state index contributed by atoms with van der Waals surface area (Å²) in [5.41, 5.74) is 0.221. The van der Waals surface area contributed by atoms with Crippen LogP contribution >= 0.6 is 0 Å². The second-order valence-electron chi connectivity index (χ2n) is 3.03. The van der Waals surface area contributed by atoms with Crippen molar-refractivity contribution in [3.8, 4) is 0 Å². The third-order valence-corrected chi connectivity index (χ3v) is 2.92. The first-order valence-electron chi connectivity index (χ1n) is 4.50. The maximum atomic E-state index is 11.0. The van der Waals surface area contributed by atoms with Gasteiger partial charge >= 0.3 is 15.3 Å². The summed E-state index contributed by atoms with van der Waals surface area (Å²) in [7, 11) is -2.63. The molecule has 7 heteroatoms. The lowest BCUT2D eigenvalue weighted by Crippen LogP contribution is -2.34. The molecule has 6 nitrogen and oxygen atoms in total. The first-order chi connectivity index (χ1) is 7.32. The van der Waals surface area contributed by atoms with Crippen LogP contribution in [0, 0.1) is 0 Å². The van der Waals surface area contributed by atoms with Crippen molar-refractivity contribution in [1.29, 1.82) is 0 Å². The molecule has 0 rings (SSSR count). The summed E-state index contributed by atoms with van der Waals surface area (Å²) in [6.07, 6.45) is -0.217. The van der Waals surface area contributed by atoms with Gasteiger partial charge in [-0.05, 0) is 6.92 Å². The molecule has 0 aliphatic carbocycles. The van der Waals surface area contributed by atoms with Crippen LogP contribution in [-0.4, -0.2) is 33.4 Å². The van der Waals surface area contributed by atoms with Gasteiger partial charge in [0.05, 0.1) is 0 Å². The zero-order valence-corrected chi connectivity index (χ0v) is 10.6. The van der Waals surface area contributed by atoms with Gasteiger partial charge in [-0.1, -0.05) is 6.58 Å². The molecule has 0 saturated carbocycles. The van der Waals surface area contributed by atoms with Crippen LogP contribution in [0.4, 0.5) is 0 Å². The van der Waals surface area contributed by atoms with E-state index in [-0.39, 0.29) is 11.8 Å². The summed E-state index contributed by atoms with van der Waals surface area (Å²) >= 11 is 0. The van der Waals surface area contributed by atoms with Gasteiger partial charge in [0.25, 0.3) is 11.9 Å². The zero-order valence-electron chi connectivity index (χ0n) is 9.44. The molecule has 0 amide bonds. The molecule has 0 N–H and O–H groups in total. The van der Waals surface area contributed by atoms with E-state index in [4.69, 9.17) is 13.6 Å². The van der Waals surface area contributed by atoms with Gasteiger partial charge in [0, 0.05) is 19.4 Å². The Hall–Kier alpha value is -1.63. The summed E-state index contributed by atoms with van der Waals surface area (Å²) in [6, 6.07) is 0. The highest BCUT2D eigenvalue weighted by Crippen LogP contribution is 1.97. The van der Waals surface area contributed by atoms with Gasteiger partial charge in [0.1, 0.15) is 0 Å². The van der Waals surface area contributed by atoms with Gasteiger partial charge in [-0.2, -0.15) is 0 Å². The molecule has 0 aromatic rings. The van der Waals surface area contributed by atoms with E-state index in [2.05, 4.69) is 6.58 Å². The fraction of sp³-hybridized carbons (Fsp3) is 0.444. The van der Waals surface area contributed by atoms with Gasteiger partial charge in [-0.3, -0.25) is 9.59 Å². The van der Waals surface area contributed by atoms with Crippen molar-refractivity contribution in [2.75, 3.05) is 6.23 Å². The molecule has 0 heterocycles. The first-order valence-corrected chi connectivity index (χ1v) is 6.26. The molecule has 0 aromatic carbocycles. The number of hydrogen-bond acceptors (Lipinski definition) is 6. The monoisotopic (exact) mass is 246 g/mol. The van der Waals surface area contributed by atoms with Crippen molar-refractivity contribution in [2.45, 2.75) is 20.8 Å². The quantitative estimate of drug-likeness (QED) is 0.386. The topological polar surface area (TPSA) is 78.9 Å². The molecular formula is C9H14O6Si. The fourth-order valence-corrected chi connectivity index (χ4v) is 1.94. The number of esters is 1. The molecular weight excluding hydrogens is 232 g/mol. The molecule has 16 heavy (non-hydrogen) atoms. The standard InChI is InChI=1S/C9H14O6Si/c1-6(2)9(12)13-5-16(14-7(3)10)15-8(4)11/h16H,1,5H2,2-4H3. The fourth-order valence-electron chi connectivity index (χ4n) is 0.729. The smallest absolute Gasteiger partial charge is 0.485 e. The van der Waals surface area contributed by atoms with Crippen LogP contribution < -0.4 is 0 Å². The number of hydrogen-bond donors (Lipinski definition) is 0. The normalized spacial score (nSPS) is 9.50. The Kier molecular flexibility index (Phi) is 6.09. The maximum absolute atomic E-state index is 11.0. The summed E-state index contributed by atoms with van der Waals surface area (Å²) in [5, 5.41) is 0. The summed E-state index contributed by atoms with van der Waals surface area (Å²) in [5.74, 6) is -1.77. The molecule has 0 radical (unpaired) electrons. The SMILES string of the molecule is C=C(C)C(=O)OC[SiH](OC(C)=O)OC(C)=O. The predicted molar refractivity (Wildman–Crippen MR) is 56.5 cm³/mol. The minimum Gasteiger partial charge on any atom is -0.485 e. The molecule has 0 aliphatic rings. The maximum Gasteiger partial charge on any atom is 0.487 e. The number of carbonyl (C=O) groups is 3. The highest BCUT2D eigenvalue weighted by Gasteiger charge is 2.22. The van der Waals surface area contributed by atoms with Crippen molar-refractivity contribution in [1.82, 2.24) is 0 Å². The summed E-state index contributed by atoms with van der Waals surface area (Å²) in [6.45, 7) is 7.23. The Balaban J connectivity index is 4.20. The second-order valence-corrected chi connectivity index (χ2v) is 4.69. The highest BCUT2D eigenvalue weighted by molar-refractivity contribution is 6.48. The lowest BCUT2D eigenvalue weighted by Gasteiger charge is -2.14. The third-order valence-electron chi connectivity index (χ3n) is 1.29. The van der Waals surface area contributed by atoms with Crippen molar-refractivity contribution in [3.05, 3.63) is 12.2 Å². The van der Waals surface area contributed by atoms with Crippen molar-refractivity contribution >= 4 is 27.2 Å². The molecule has 0 spiro atoms. The molecule has 0 aromatic heterocycles. The van der Waals surface area contributed by atoms with Crippen LogP contribution in [0.1, 0.15) is 20.8 Å². The van der Waals surface area contributed by atoms with E-state index in [0.717, 1.165) is 0 Å². The Morgan fingerprint density at radius 3 is 1.81 bits per heavy atom. The molecule has 0 aliphatic heterocycles. The average Bonchev–Trinajstić information content (AvgIpc) is 2.11. The Bertz CT molecular complexity index is 295. The second kappa shape index (κ2) is 6.78. The third kappa shape index (κ3) is 6.77. The molecule has 0 unspecified atom stereocenters. The van der Waals surface area contributed by atoms with Gasteiger partial charge < -0.3 is 13.6 Å². The molecule has 90 valence electrons. The Labute approximate surface area is 95.0 Å². The van der Waals surface area contributed by atoms with Crippen LogP contribution in [0.25, 0.3) is 0 Å². The van der Waals surface area contributed by atoms with Gasteiger partial charge in [-0.25, -0.2) is 4.79 Å². The predicted octanol–water partition coefficient (Wildman–Crippen LogP) is -0.00840. The largest absolute Gasteiger partial charge is 0.487 e. The van der Waals surface area contributed by atoms with Crippen molar-refractivity contribution in [2.24, 2.45) is 0 Å². The minimum atomic E-state index is -2.63. The van der Waals surface area contributed by atoms with Crippen LogP contribution in [-0.2, 0) is 28.0 Å². The average molecular weight is 246 g/mol. The lowest BCUT2D eigenvalue weighted by molar-refractivity contribution is -0.143. The lowest BCUT2D eigenvalue weighted by atomic mass is 10.4. The van der Waals surface area contributed by atoms with Crippen LogP contribution in [0.5, 0.6) is 0 Å². The first kappa shape index (κ1) is 14.4. The van der Waals surface area contributed by atoms with Gasteiger partial charge in [0.2, 0.25) is 0 Å². The van der Waals surface area contributed by atoms with E-state index >= 15 is 0 Å². The number of carbonyl (C=O) groups excluding carboxylic acids is 3. The van der Waals surface area contributed by atoms with Crippen molar-refractivity contribution in [3.63, 3.8) is 0 Å². The summed E-state index contributed by atoms with van der Waals surface area (Å²) in [4.78, 5) is 32.4. The van der Waals surface area contributed by atoms with Crippen molar-refractivity contribution < 1.29 is 28.0 Å². The Morgan fingerprint density at radius 2 is 1.50 bits per heavy atom. The van der Waals surface area contributed by atoms with Crippen LogP contribution in [0.15, 0.2) is 12.2 Å². The van der Waals surface area contributed by atoms with E-state index in [1.54, 1.807) is 0 Å². The molecule has 0 atom stereocenters. The summed E-state index contributed by atoms with van der Waals surface area (Å²) < 4.78 is 14.2. The van der Waals surface area contributed by atoms with Crippen LogP contribution in [0.2, 0.25) is 0 Å².